The molecular weight excluding hydrogens is 367 g/mol. The van der Waals surface area contributed by atoms with Crippen molar-refractivity contribution in [2.75, 3.05) is 19.8 Å². The molecule has 1 aromatic rings. The SMILES string of the molecule is CC1CCN(C2=C(c3c(F)cc(F)cc3F)C(Cl)=NC3=NCNN32)CC1. The molecule has 4 rings (SSSR count). The quantitative estimate of drug-likeness (QED) is 0.852. The highest BCUT2D eigenvalue weighted by Gasteiger charge is 2.37. The van der Waals surface area contributed by atoms with Crippen LogP contribution in [0, 0.1) is 23.4 Å². The summed E-state index contributed by atoms with van der Waals surface area (Å²) in [6.07, 6.45) is 1.89. The second-order valence-corrected chi connectivity index (χ2v) is 6.98. The van der Waals surface area contributed by atoms with E-state index in [4.69, 9.17) is 11.6 Å². The summed E-state index contributed by atoms with van der Waals surface area (Å²) < 4.78 is 42.4. The van der Waals surface area contributed by atoms with Crippen LogP contribution in [0.25, 0.3) is 5.57 Å². The molecule has 3 aliphatic rings. The van der Waals surface area contributed by atoms with Gasteiger partial charge in [0.25, 0.3) is 0 Å². The Morgan fingerprint density at radius 2 is 1.81 bits per heavy atom. The lowest BCUT2D eigenvalue weighted by atomic mass is 9.97. The highest BCUT2D eigenvalue weighted by Crippen LogP contribution is 2.36. The molecule has 0 aliphatic carbocycles. The second kappa shape index (κ2) is 6.59. The molecule has 9 heteroatoms. The number of fused-ring (bicyclic) bond motifs is 1. The van der Waals surface area contributed by atoms with Gasteiger partial charge < -0.3 is 4.90 Å². The number of halogens is 4. The van der Waals surface area contributed by atoms with Crippen LogP contribution >= 0.6 is 11.6 Å². The standard InChI is InChI=1S/C17H17ClF3N5/c1-9-2-4-25(5-3-9)16-14(13-11(20)6-10(19)7-12(13)21)15(18)24-17-22-8-23-26(16)17/h6-7,9,23H,2-5,8H2,1H3. The molecule has 138 valence electrons. The van der Waals surface area contributed by atoms with E-state index in [9.17, 15) is 13.2 Å². The van der Waals surface area contributed by atoms with E-state index in [1.54, 1.807) is 5.01 Å². The van der Waals surface area contributed by atoms with Crippen molar-refractivity contribution in [1.82, 2.24) is 15.3 Å². The van der Waals surface area contributed by atoms with Gasteiger partial charge in [0.2, 0.25) is 5.96 Å². The van der Waals surface area contributed by atoms with Gasteiger partial charge in [-0.05, 0) is 18.8 Å². The van der Waals surface area contributed by atoms with E-state index in [-0.39, 0.29) is 16.3 Å². The molecule has 5 nitrogen and oxygen atoms in total. The average Bonchev–Trinajstić information content (AvgIpc) is 3.03. The van der Waals surface area contributed by atoms with E-state index < -0.39 is 17.5 Å². The Labute approximate surface area is 153 Å². The van der Waals surface area contributed by atoms with Crippen molar-refractivity contribution in [3.8, 4) is 0 Å². The van der Waals surface area contributed by atoms with E-state index >= 15 is 0 Å². The molecule has 0 amide bonds. The van der Waals surface area contributed by atoms with Gasteiger partial charge in [-0.1, -0.05) is 18.5 Å². The van der Waals surface area contributed by atoms with Gasteiger partial charge in [-0.15, -0.1) is 0 Å². The average molecular weight is 384 g/mol. The molecule has 0 spiro atoms. The Bertz CT molecular complexity index is 820. The maximum Gasteiger partial charge on any atom is 0.244 e. The van der Waals surface area contributed by atoms with Crippen molar-refractivity contribution in [3.63, 3.8) is 0 Å². The lowest BCUT2D eigenvalue weighted by Crippen LogP contribution is -2.48. The number of allylic oxidation sites excluding steroid dienone is 1. The molecule has 1 fully saturated rings. The van der Waals surface area contributed by atoms with E-state index in [2.05, 4.69) is 22.3 Å². The second-order valence-electron chi connectivity index (χ2n) is 6.62. The topological polar surface area (TPSA) is 43.2 Å². The summed E-state index contributed by atoms with van der Waals surface area (Å²) in [7, 11) is 0. The number of hydrazine groups is 1. The zero-order valence-corrected chi connectivity index (χ0v) is 14.8. The van der Waals surface area contributed by atoms with Crippen LogP contribution in [0.2, 0.25) is 0 Å². The lowest BCUT2D eigenvalue weighted by molar-refractivity contribution is 0.182. The fraction of sp³-hybridized carbons (Fsp3) is 0.412. The van der Waals surface area contributed by atoms with Gasteiger partial charge in [0.15, 0.2) is 0 Å². The lowest BCUT2D eigenvalue weighted by Gasteiger charge is -2.40. The van der Waals surface area contributed by atoms with E-state index in [0.29, 0.717) is 49.6 Å². The summed E-state index contributed by atoms with van der Waals surface area (Å²) in [5, 5.41) is 1.53. The fourth-order valence-corrected chi connectivity index (χ4v) is 3.69. The molecule has 1 N–H and O–H groups in total. The number of guanidine groups is 1. The van der Waals surface area contributed by atoms with Gasteiger partial charge in [-0.3, -0.25) is 0 Å². The summed E-state index contributed by atoms with van der Waals surface area (Å²) in [6, 6.07) is 1.29. The maximum atomic E-state index is 14.5. The number of nitrogens with one attached hydrogen (secondary N) is 1. The maximum absolute atomic E-state index is 14.5. The molecule has 0 unspecified atom stereocenters. The van der Waals surface area contributed by atoms with Crippen LogP contribution < -0.4 is 5.43 Å². The van der Waals surface area contributed by atoms with Gasteiger partial charge in [0.05, 0.1) is 11.1 Å². The van der Waals surface area contributed by atoms with E-state index in [1.165, 1.54) is 0 Å². The first kappa shape index (κ1) is 17.4. The Morgan fingerprint density at radius 1 is 1.15 bits per heavy atom. The Balaban J connectivity index is 1.90. The number of hydrogen-bond acceptors (Lipinski definition) is 5. The normalized spacial score (nSPS) is 21.1. The number of piperidine rings is 1. The first-order valence-corrected chi connectivity index (χ1v) is 8.80. The first-order chi connectivity index (χ1) is 12.5. The predicted octanol–water partition coefficient (Wildman–Crippen LogP) is 3.29. The van der Waals surface area contributed by atoms with Crippen molar-refractivity contribution in [3.05, 3.63) is 41.0 Å². The highest BCUT2D eigenvalue weighted by molar-refractivity contribution is 6.77. The summed E-state index contributed by atoms with van der Waals surface area (Å²) in [5.41, 5.74) is 2.75. The Morgan fingerprint density at radius 3 is 2.46 bits per heavy atom. The molecule has 3 heterocycles. The largest absolute Gasteiger partial charge is 0.356 e. The van der Waals surface area contributed by atoms with Crippen LogP contribution in [0.3, 0.4) is 0 Å². The van der Waals surface area contributed by atoms with E-state index in [0.717, 1.165) is 12.8 Å². The predicted molar refractivity (Wildman–Crippen MR) is 93.8 cm³/mol. The van der Waals surface area contributed by atoms with Crippen molar-refractivity contribution >= 4 is 28.3 Å². The molecule has 0 bridgehead atoms. The highest BCUT2D eigenvalue weighted by atomic mass is 35.5. The van der Waals surface area contributed by atoms with Gasteiger partial charge in [-0.2, -0.15) is 4.99 Å². The number of likely N-dealkylation sites (tertiary alicyclic amines) is 1. The van der Waals surface area contributed by atoms with Crippen LogP contribution in [-0.4, -0.2) is 40.8 Å². The molecule has 0 atom stereocenters. The van der Waals surface area contributed by atoms with Gasteiger partial charge >= 0.3 is 0 Å². The minimum atomic E-state index is -1.02. The summed E-state index contributed by atoms with van der Waals surface area (Å²) in [4.78, 5) is 10.4. The molecule has 1 saturated heterocycles. The van der Waals surface area contributed by atoms with Crippen molar-refractivity contribution in [2.45, 2.75) is 19.8 Å². The smallest absolute Gasteiger partial charge is 0.244 e. The summed E-state index contributed by atoms with van der Waals surface area (Å²) in [6.45, 7) is 3.88. The molecule has 0 radical (unpaired) electrons. The molecule has 1 aromatic carbocycles. The van der Waals surface area contributed by atoms with Crippen molar-refractivity contribution in [1.29, 1.82) is 0 Å². The number of aliphatic imine (C=N–C) groups is 2. The number of rotatable bonds is 2. The fourth-order valence-electron chi connectivity index (χ4n) is 3.44. The zero-order chi connectivity index (χ0) is 18.4. The number of nitrogens with zero attached hydrogens (tertiary/aromatic N) is 4. The molecular formula is C17H17ClF3N5. The van der Waals surface area contributed by atoms with Crippen LogP contribution in [-0.2, 0) is 0 Å². The summed E-state index contributed by atoms with van der Waals surface area (Å²) >= 11 is 6.31. The molecule has 26 heavy (non-hydrogen) atoms. The third-order valence-electron chi connectivity index (χ3n) is 4.83. The van der Waals surface area contributed by atoms with Crippen LogP contribution in [0.15, 0.2) is 27.9 Å². The molecule has 3 aliphatic heterocycles. The number of benzene rings is 1. The first-order valence-electron chi connectivity index (χ1n) is 8.42. The van der Waals surface area contributed by atoms with Crippen molar-refractivity contribution in [2.24, 2.45) is 15.9 Å². The Kier molecular flexibility index (Phi) is 4.40. The van der Waals surface area contributed by atoms with E-state index in [1.807, 2.05) is 4.90 Å². The zero-order valence-electron chi connectivity index (χ0n) is 14.1. The van der Waals surface area contributed by atoms with Gasteiger partial charge in [0, 0.05) is 25.2 Å². The monoisotopic (exact) mass is 383 g/mol. The van der Waals surface area contributed by atoms with Crippen molar-refractivity contribution < 1.29 is 13.2 Å². The minimum Gasteiger partial charge on any atom is -0.356 e. The van der Waals surface area contributed by atoms with Crippen LogP contribution in [0.4, 0.5) is 13.2 Å². The molecule has 0 saturated carbocycles. The van der Waals surface area contributed by atoms with Crippen LogP contribution in [0.1, 0.15) is 25.3 Å². The minimum absolute atomic E-state index is 0.0678. The third kappa shape index (κ3) is 2.87. The van der Waals surface area contributed by atoms with Gasteiger partial charge in [-0.25, -0.2) is 28.6 Å². The Hall–Kier alpha value is -2.06. The van der Waals surface area contributed by atoms with Gasteiger partial charge in [0.1, 0.15) is 35.1 Å². The number of hydrogen-bond donors (Lipinski definition) is 1. The summed E-state index contributed by atoms with van der Waals surface area (Å²) in [5.74, 6) is -1.61. The van der Waals surface area contributed by atoms with Crippen LogP contribution in [0.5, 0.6) is 0 Å². The third-order valence-corrected chi connectivity index (χ3v) is 5.10. The molecule has 0 aromatic heterocycles.